The lowest BCUT2D eigenvalue weighted by atomic mass is 10.2. The van der Waals surface area contributed by atoms with Crippen LogP contribution in [-0.4, -0.2) is 25.7 Å². The molecule has 3 aromatic rings. The number of halogens is 2. The molecule has 0 heterocycles. The average molecular weight is 416 g/mol. The molecule has 0 spiro atoms. The number of benzene rings is 3. The van der Waals surface area contributed by atoms with Gasteiger partial charge >= 0.3 is 0 Å². The van der Waals surface area contributed by atoms with E-state index in [4.69, 9.17) is 0 Å². The van der Waals surface area contributed by atoms with E-state index >= 15 is 0 Å². The van der Waals surface area contributed by atoms with Crippen molar-refractivity contribution in [3.63, 3.8) is 0 Å². The molecule has 0 aliphatic heterocycles. The lowest BCUT2D eigenvalue weighted by molar-refractivity contribution is 0.102. The first-order valence-corrected chi connectivity index (χ1v) is 10.1. The average Bonchev–Trinajstić information content (AvgIpc) is 2.71. The van der Waals surface area contributed by atoms with Gasteiger partial charge in [0.05, 0.1) is 10.5 Å². The smallest absolute Gasteiger partial charge is 0.258 e. The standard InChI is InChI=1S/C21H18F2N2O3S/c1-25(14-15-5-3-2-4-6-15)29(27,28)18-10-8-17(9-11-18)24-21(26)19-13-16(22)7-12-20(19)23/h2-13H,14H2,1H3,(H,24,26). The lowest BCUT2D eigenvalue weighted by Crippen LogP contribution is -2.26. The molecule has 0 fully saturated rings. The third-order valence-corrected chi connectivity index (χ3v) is 6.06. The number of nitrogens with one attached hydrogen (secondary N) is 1. The molecule has 1 amide bonds. The van der Waals surface area contributed by atoms with Gasteiger partial charge in [-0.05, 0) is 48.0 Å². The first-order chi connectivity index (χ1) is 13.8. The van der Waals surface area contributed by atoms with E-state index in [9.17, 15) is 22.0 Å². The van der Waals surface area contributed by atoms with Gasteiger partial charge < -0.3 is 5.32 Å². The predicted octanol–water partition coefficient (Wildman–Crippen LogP) is 4.04. The van der Waals surface area contributed by atoms with Crippen LogP contribution in [0.2, 0.25) is 0 Å². The van der Waals surface area contributed by atoms with Crippen LogP contribution in [0.4, 0.5) is 14.5 Å². The van der Waals surface area contributed by atoms with Crippen LogP contribution in [0.15, 0.2) is 77.7 Å². The Morgan fingerprint density at radius 3 is 2.28 bits per heavy atom. The maximum absolute atomic E-state index is 13.7. The minimum Gasteiger partial charge on any atom is -0.322 e. The van der Waals surface area contributed by atoms with Crippen molar-refractivity contribution in [2.24, 2.45) is 0 Å². The van der Waals surface area contributed by atoms with Gasteiger partial charge in [-0.15, -0.1) is 0 Å². The zero-order valence-electron chi connectivity index (χ0n) is 15.5. The number of sulfonamides is 1. The Morgan fingerprint density at radius 1 is 0.966 bits per heavy atom. The number of carbonyl (C=O) groups excluding carboxylic acids is 1. The summed E-state index contributed by atoms with van der Waals surface area (Å²) in [6, 6.07) is 17.2. The van der Waals surface area contributed by atoms with E-state index in [0.717, 1.165) is 23.8 Å². The molecule has 8 heteroatoms. The van der Waals surface area contributed by atoms with Crippen molar-refractivity contribution in [1.29, 1.82) is 0 Å². The van der Waals surface area contributed by atoms with Crippen LogP contribution in [0.1, 0.15) is 15.9 Å². The van der Waals surface area contributed by atoms with Crippen LogP contribution in [0.5, 0.6) is 0 Å². The molecule has 0 radical (unpaired) electrons. The molecule has 0 atom stereocenters. The monoisotopic (exact) mass is 416 g/mol. The SMILES string of the molecule is CN(Cc1ccccc1)S(=O)(=O)c1ccc(NC(=O)c2cc(F)ccc2F)cc1. The van der Waals surface area contributed by atoms with Gasteiger partial charge in [0.25, 0.3) is 5.91 Å². The highest BCUT2D eigenvalue weighted by molar-refractivity contribution is 7.89. The Labute approximate surface area is 167 Å². The summed E-state index contributed by atoms with van der Waals surface area (Å²) < 4.78 is 53.6. The normalized spacial score (nSPS) is 11.4. The highest BCUT2D eigenvalue weighted by Crippen LogP contribution is 2.20. The summed E-state index contributed by atoms with van der Waals surface area (Å²) >= 11 is 0. The second-order valence-corrected chi connectivity index (χ2v) is 8.39. The number of anilines is 1. The van der Waals surface area contributed by atoms with Crippen LogP contribution in [-0.2, 0) is 16.6 Å². The molecule has 0 saturated heterocycles. The van der Waals surface area contributed by atoms with E-state index in [1.807, 2.05) is 30.3 Å². The summed E-state index contributed by atoms with van der Waals surface area (Å²) in [5, 5.41) is 2.42. The highest BCUT2D eigenvalue weighted by atomic mass is 32.2. The topological polar surface area (TPSA) is 66.5 Å². The number of hydrogen-bond donors (Lipinski definition) is 1. The fourth-order valence-corrected chi connectivity index (χ4v) is 3.84. The summed E-state index contributed by atoms with van der Waals surface area (Å²) in [4.78, 5) is 12.2. The summed E-state index contributed by atoms with van der Waals surface area (Å²) in [6.07, 6.45) is 0. The van der Waals surface area contributed by atoms with Crippen LogP contribution in [0.25, 0.3) is 0 Å². The number of nitrogens with zero attached hydrogens (tertiary/aromatic N) is 1. The van der Waals surface area contributed by atoms with Crippen molar-refractivity contribution < 1.29 is 22.0 Å². The molecule has 29 heavy (non-hydrogen) atoms. The minimum atomic E-state index is -3.74. The Kier molecular flexibility index (Phi) is 6.05. The molecule has 5 nitrogen and oxygen atoms in total. The molecular formula is C21H18F2N2O3S. The van der Waals surface area contributed by atoms with Crippen LogP contribution >= 0.6 is 0 Å². The van der Waals surface area contributed by atoms with E-state index < -0.39 is 33.1 Å². The van der Waals surface area contributed by atoms with E-state index in [1.165, 1.54) is 35.6 Å². The minimum absolute atomic E-state index is 0.0471. The van der Waals surface area contributed by atoms with Gasteiger partial charge in [-0.25, -0.2) is 17.2 Å². The Balaban J connectivity index is 1.73. The fourth-order valence-electron chi connectivity index (χ4n) is 2.69. The van der Waals surface area contributed by atoms with Crippen molar-refractivity contribution in [3.05, 3.63) is 95.6 Å². The molecule has 0 aliphatic rings. The van der Waals surface area contributed by atoms with Gasteiger partial charge in [-0.1, -0.05) is 30.3 Å². The fraction of sp³-hybridized carbons (Fsp3) is 0.0952. The second-order valence-electron chi connectivity index (χ2n) is 6.35. The second kappa shape index (κ2) is 8.50. The molecule has 3 rings (SSSR count). The molecular weight excluding hydrogens is 398 g/mol. The molecule has 0 bridgehead atoms. The molecule has 0 aliphatic carbocycles. The number of amides is 1. The first-order valence-electron chi connectivity index (χ1n) is 8.64. The molecule has 0 unspecified atom stereocenters. The summed E-state index contributed by atoms with van der Waals surface area (Å²) in [5.41, 5.74) is 0.659. The van der Waals surface area contributed by atoms with Crippen LogP contribution < -0.4 is 5.32 Å². The van der Waals surface area contributed by atoms with Crippen LogP contribution in [0, 0.1) is 11.6 Å². The quantitative estimate of drug-likeness (QED) is 0.660. The largest absolute Gasteiger partial charge is 0.322 e. The first kappa shape index (κ1) is 20.6. The Hall–Kier alpha value is -3.10. The number of carbonyl (C=O) groups is 1. The van der Waals surface area contributed by atoms with Crippen molar-refractivity contribution in [2.75, 3.05) is 12.4 Å². The van der Waals surface area contributed by atoms with Gasteiger partial charge in [0.15, 0.2) is 0 Å². The zero-order chi connectivity index (χ0) is 21.0. The maximum atomic E-state index is 13.7. The lowest BCUT2D eigenvalue weighted by Gasteiger charge is -2.17. The number of rotatable bonds is 6. The Bertz CT molecular complexity index is 1120. The van der Waals surface area contributed by atoms with Gasteiger partial charge in [-0.2, -0.15) is 4.31 Å². The van der Waals surface area contributed by atoms with Crippen molar-refractivity contribution in [1.82, 2.24) is 4.31 Å². The third kappa shape index (κ3) is 4.85. The van der Waals surface area contributed by atoms with Crippen molar-refractivity contribution >= 4 is 21.6 Å². The van der Waals surface area contributed by atoms with E-state index in [-0.39, 0.29) is 17.1 Å². The van der Waals surface area contributed by atoms with Crippen molar-refractivity contribution in [3.8, 4) is 0 Å². The van der Waals surface area contributed by atoms with Crippen LogP contribution in [0.3, 0.4) is 0 Å². The summed E-state index contributed by atoms with van der Waals surface area (Å²) in [7, 11) is -2.26. The summed E-state index contributed by atoms with van der Waals surface area (Å²) in [5.74, 6) is -2.43. The maximum Gasteiger partial charge on any atom is 0.258 e. The third-order valence-electron chi connectivity index (χ3n) is 4.24. The van der Waals surface area contributed by atoms with Gasteiger partial charge in [-0.3, -0.25) is 4.79 Å². The molecule has 0 aromatic heterocycles. The molecule has 0 saturated carbocycles. The van der Waals surface area contributed by atoms with E-state index in [2.05, 4.69) is 5.32 Å². The Morgan fingerprint density at radius 2 is 1.62 bits per heavy atom. The van der Waals surface area contributed by atoms with E-state index in [1.54, 1.807) is 0 Å². The summed E-state index contributed by atoms with van der Waals surface area (Å²) in [6.45, 7) is 0.209. The van der Waals surface area contributed by atoms with E-state index in [0.29, 0.717) is 0 Å². The van der Waals surface area contributed by atoms with Gasteiger partial charge in [0.2, 0.25) is 10.0 Å². The van der Waals surface area contributed by atoms with Gasteiger partial charge in [0, 0.05) is 19.3 Å². The highest BCUT2D eigenvalue weighted by Gasteiger charge is 2.21. The van der Waals surface area contributed by atoms with Crippen molar-refractivity contribution in [2.45, 2.75) is 11.4 Å². The molecule has 3 aromatic carbocycles. The molecule has 1 N–H and O–H groups in total. The zero-order valence-corrected chi connectivity index (χ0v) is 16.3. The molecule has 150 valence electrons. The number of hydrogen-bond acceptors (Lipinski definition) is 3. The predicted molar refractivity (Wildman–Crippen MR) is 106 cm³/mol. The van der Waals surface area contributed by atoms with Gasteiger partial charge in [0.1, 0.15) is 11.6 Å².